The fraction of sp³-hybridized carbons (Fsp3) is 0.207. The number of aromatic nitrogens is 2. The molecule has 0 bridgehead atoms. The standard InChI is InChI=1S/C29H29N7O2/c1-19-27(20(2)35(32-19)26-9-7-6-8-10-26)31-30-24-15-11-22(12-16-24)28-33-36(21(3)37)29(38-28)23-13-17-25(18-14-23)34(4)5/h6-18,29H,1-5H3. The summed E-state index contributed by atoms with van der Waals surface area (Å²) >= 11 is 0. The number of carbonyl (C=O) groups is 1. The molecule has 0 N–H and O–H groups in total. The van der Waals surface area contributed by atoms with E-state index in [1.807, 2.05) is 116 Å². The topological polar surface area (TPSA) is 87.7 Å². The summed E-state index contributed by atoms with van der Waals surface area (Å²) in [6, 6.07) is 25.2. The number of hydrazone groups is 1. The maximum absolute atomic E-state index is 12.3. The lowest BCUT2D eigenvalue weighted by molar-refractivity contribution is -0.135. The Labute approximate surface area is 221 Å². The van der Waals surface area contributed by atoms with Crippen LogP contribution in [0.4, 0.5) is 17.1 Å². The molecule has 0 radical (unpaired) electrons. The number of nitrogens with zero attached hydrogens (tertiary/aromatic N) is 7. The summed E-state index contributed by atoms with van der Waals surface area (Å²) in [5, 5.41) is 19.3. The fourth-order valence-electron chi connectivity index (χ4n) is 4.22. The molecule has 1 aliphatic rings. The Hall–Kier alpha value is -4.79. The molecule has 0 saturated heterocycles. The van der Waals surface area contributed by atoms with E-state index < -0.39 is 6.23 Å². The van der Waals surface area contributed by atoms with Gasteiger partial charge in [0.25, 0.3) is 0 Å². The van der Waals surface area contributed by atoms with Gasteiger partial charge in [-0.3, -0.25) is 4.79 Å². The number of para-hydroxylation sites is 1. The number of carbonyl (C=O) groups excluding carboxylic acids is 1. The molecule has 1 unspecified atom stereocenters. The second-order valence-corrected chi connectivity index (χ2v) is 9.24. The summed E-state index contributed by atoms with van der Waals surface area (Å²) in [5.74, 6) is 0.176. The van der Waals surface area contributed by atoms with Gasteiger partial charge < -0.3 is 9.64 Å². The molecule has 5 rings (SSSR count). The highest BCUT2D eigenvalue weighted by atomic mass is 16.5. The SMILES string of the molecule is CC(=O)N1N=C(c2ccc(N=Nc3c(C)nn(-c4ccccc4)c3C)cc2)OC1c1ccc(N(C)C)cc1. The lowest BCUT2D eigenvalue weighted by Crippen LogP contribution is -2.25. The third kappa shape index (κ3) is 4.90. The Morgan fingerprint density at radius 1 is 0.921 bits per heavy atom. The minimum atomic E-state index is -0.620. The van der Waals surface area contributed by atoms with Crippen molar-refractivity contribution in [2.24, 2.45) is 15.3 Å². The van der Waals surface area contributed by atoms with E-state index >= 15 is 0 Å². The smallest absolute Gasteiger partial charge is 0.243 e. The largest absolute Gasteiger partial charge is 0.446 e. The van der Waals surface area contributed by atoms with Gasteiger partial charge in [-0.25, -0.2) is 4.68 Å². The first-order valence-electron chi connectivity index (χ1n) is 12.3. The van der Waals surface area contributed by atoms with Crippen molar-refractivity contribution in [2.45, 2.75) is 27.0 Å². The van der Waals surface area contributed by atoms with Gasteiger partial charge in [-0.15, -0.1) is 10.2 Å². The highest BCUT2D eigenvalue weighted by molar-refractivity contribution is 5.96. The van der Waals surface area contributed by atoms with Crippen LogP contribution in [0.5, 0.6) is 0 Å². The van der Waals surface area contributed by atoms with E-state index in [4.69, 9.17) is 4.74 Å². The monoisotopic (exact) mass is 507 g/mol. The summed E-state index contributed by atoms with van der Waals surface area (Å²) in [7, 11) is 3.96. The number of benzene rings is 3. The van der Waals surface area contributed by atoms with Crippen LogP contribution in [-0.2, 0) is 9.53 Å². The zero-order valence-electron chi connectivity index (χ0n) is 22.0. The number of anilines is 1. The molecule has 0 saturated carbocycles. The number of ether oxygens (including phenoxy) is 1. The van der Waals surface area contributed by atoms with E-state index in [9.17, 15) is 4.79 Å². The predicted molar refractivity (Wildman–Crippen MR) is 147 cm³/mol. The molecule has 1 aliphatic heterocycles. The van der Waals surface area contributed by atoms with Crippen LogP contribution in [0.25, 0.3) is 5.69 Å². The van der Waals surface area contributed by atoms with E-state index in [1.165, 1.54) is 11.9 Å². The third-order valence-corrected chi connectivity index (χ3v) is 6.29. The van der Waals surface area contributed by atoms with Gasteiger partial charge in [0.15, 0.2) is 0 Å². The normalized spacial score (nSPS) is 15.0. The van der Waals surface area contributed by atoms with Crippen LogP contribution in [0.15, 0.2) is 94.2 Å². The minimum absolute atomic E-state index is 0.200. The average Bonchev–Trinajstić information content (AvgIpc) is 3.50. The van der Waals surface area contributed by atoms with Crippen molar-refractivity contribution in [1.29, 1.82) is 0 Å². The van der Waals surface area contributed by atoms with Crippen LogP contribution in [-0.4, -0.2) is 40.7 Å². The van der Waals surface area contributed by atoms with Crippen molar-refractivity contribution in [3.63, 3.8) is 0 Å². The van der Waals surface area contributed by atoms with Crippen LogP contribution in [0.3, 0.4) is 0 Å². The first-order chi connectivity index (χ1) is 18.3. The molecule has 0 aliphatic carbocycles. The first kappa shape index (κ1) is 24.9. The Kier molecular flexibility index (Phi) is 6.74. The number of amides is 1. The van der Waals surface area contributed by atoms with Crippen LogP contribution >= 0.6 is 0 Å². The molecule has 1 atom stereocenters. The number of hydrogen-bond acceptors (Lipinski definition) is 7. The van der Waals surface area contributed by atoms with Crippen LogP contribution in [0.2, 0.25) is 0 Å². The molecule has 0 spiro atoms. The van der Waals surface area contributed by atoms with Crippen molar-refractivity contribution in [2.75, 3.05) is 19.0 Å². The summed E-state index contributed by atoms with van der Waals surface area (Å²) in [6.07, 6.45) is -0.620. The molecule has 2 heterocycles. The van der Waals surface area contributed by atoms with Gasteiger partial charge in [-0.05, 0) is 62.4 Å². The zero-order valence-corrected chi connectivity index (χ0v) is 22.0. The van der Waals surface area contributed by atoms with Gasteiger partial charge >= 0.3 is 0 Å². The van der Waals surface area contributed by atoms with Crippen molar-refractivity contribution in [1.82, 2.24) is 14.8 Å². The van der Waals surface area contributed by atoms with Crippen LogP contribution in [0, 0.1) is 13.8 Å². The Morgan fingerprint density at radius 3 is 2.24 bits per heavy atom. The summed E-state index contributed by atoms with van der Waals surface area (Å²) < 4.78 is 8.00. The van der Waals surface area contributed by atoms with Crippen LogP contribution in [0.1, 0.15) is 35.7 Å². The molecule has 9 nitrogen and oxygen atoms in total. The van der Waals surface area contributed by atoms with E-state index in [2.05, 4.69) is 20.4 Å². The van der Waals surface area contributed by atoms with Gasteiger partial charge in [0, 0.05) is 37.8 Å². The zero-order chi connectivity index (χ0) is 26.8. The molecule has 4 aromatic rings. The van der Waals surface area contributed by atoms with E-state index in [-0.39, 0.29) is 5.91 Å². The molecule has 38 heavy (non-hydrogen) atoms. The molecular formula is C29H29N7O2. The Bertz CT molecular complexity index is 1510. The highest BCUT2D eigenvalue weighted by Crippen LogP contribution is 2.32. The molecule has 3 aromatic carbocycles. The van der Waals surface area contributed by atoms with Gasteiger partial charge in [-0.1, -0.05) is 30.3 Å². The van der Waals surface area contributed by atoms with Crippen molar-refractivity contribution in [3.05, 3.63) is 101 Å². The van der Waals surface area contributed by atoms with Gasteiger partial charge in [-0.2, -0.15) is 15.2 Å². The Balaban J connectivity index is 1.33. The van der Waals surface area contributed by atoms with Gasteiger partial charge in [0.1, 0.15) is 5.69 Å². The first-order valence-corrected chi connectivity index (χ1v) is 12.3. The second-order valence-electron chi connectivity index (χ2n) is 9.24. The number of rotatable bonds is 6. The average molecular weight is 508 g/mol. The van der Waals surface area contributed by atoms with Crippen molar-refractivity contribution >= 4 is 28.9 Å². The minimum Gasteiger partial charge on any atom is -0.446 e. The van der Waals surface area contributed by atoms with Crippen molar-refractivity contribution < 1.29 is 9.53 Å². The number of azo groups is 1. The summed E-state index contributed by atoms with van der Waals surface area (Å²) in [6.45, 7) is 5.38. The lowest BCUT2D eigenvalue weighted by Gasteiger charge is -2.20. The predicted octanol–water partition coefficient (Wildman–Crippen LogP) is 6.21. The van der Waals surface area contributed by atoms with Gasteiger partial charge in [0.05, 0.1) is 22.8 Å². The second kappa shape index (κ2) is 10.3. The molecule has 0 fully saturated rings. The lowest BCUT2D eigenvalue weighted by atomic mass is 10.1. The quantitative estimate of drug-likeness (QED) is 0.290. The molecule has 1 amide bonds. The maximum atomic E-state index is 12.3. The summed E-state index contributed by atoms with van der Waals surface area (Å²) in [4.78, 5) is 14.3. The number of aryl methyl sites for hydroxylation is 1. The van der Waals surface area contributed by atoms with Crippen LogP contribution < -0.4 is 4.90 Å². The Morgan fingerprint density at radius 2 is 1.61 bits per heavy atom. The molecule has 1 aromatic heterocycles. The highest BCUT2D eigenvalue weighted by Gasteiger charge is 2.33. The molecular weight excluding hydrogens is 478 g/mol. The summed E-state index contributed by atoms with van der Waals surface area (Å²) in [5.41, 5.74) is 6.75. The number of hydrogen-bond donors (Lipinski definition) is 0. The van der Waals surface area contributed by atoms with E-state index in [0.717, 1.165) is 39.6 Å². The maximum Gasteiger partial charge on any atom is 0.243 e. The molecule has 9 heteroatoms. The van der Waals surface area contributed by atoms with Crippen molar-refractivity contribution in [3.8, 4) is 5.69 Å². The third-order valence-electron chi connectivity index (χ3n) is 6.29. The fourth-order valence-corrected chi connectivity index (χ4v) is 4.22. The van der Waals surface area contributed by atoms with E-state index in [1.54, 1.807) is 0 Å². The van der Waals surface area contributed by atoms with E-state index in [0.29, 0.717) is 11.6 Å². The molecule has 192 valence electrons. The van der Waals surface area contributed by atoms with Gasteiger partial charge in [0.2, 0.25) is 18.0 Å².